The van der Waals surface area contributed by atoms with Crippen LogP contribution in [-0.2, 0) is 4.74 Å². The van der Waals surface area contributed by atoms with Crippen LogP contribution in [0.3, 0.4) is 0 Å². The zero-order chi connectivity index (χ0) is 21.3. The number of ether oxygens (including phenoxy) is 3. The van der Waals surface area contributed by atoms with E-state index in [1.807, 2.05) is 42.5 Å². The summed E-state index contributed by atoms with van der Waals surface area (Å²) in [4.78, 5) is 11.8. The Morgan fingerprint density at radius 1 is 0.875 bits per heavy atom. The maximum Gasteiger partial charge on any atom is 0.228 e. The van der Waals surface area contributed by atoms with E-state index in [9.17, 15) is 0 Å². The molecule has 6 rings (SSSR count). The number of benzene rings is 2. The fraction of sp³-hybridized carbons (Fsp3) is 0.261. The molecular formula is C23H22N6O3. The SMILES string of the molecule is c1cc2cn[nH]c2cc1Nc1cc(-c2ccc3c(c2)OCCO3)nc(N2CCOCC2)n1. The van der Waals surface area contributed by atoms with Gasteiger partial charge in [0, 0.05) is 35.8 Å². The van der Waals surface area contributed by atoms with Gasteiger partial charge in [-0.15, -0.1) is 0 Å². The molecule has 0 bridgehead atoms. The van der Waals surface area contributed by atoms with Crippen molar-refractivity contribution in [3.8, 4) is 22.8 Å². The molecule has 2 aliphatic rings. The van der Waals surface area contributed by atoms with E-state index in [1.165, 1.54) is 0 Å². The lowest BCUT2D eigenvalue weighted by atomic mass is 10.1. The summed E-state index contributed by atoms with van der Waals surface area (Å²) in [5, 5.41) is 11.6. The molecule has 0 atom stereocenters. The molecule has 0 amide bonds. The number of nitrogens with zero attached hydrogens (tertiary/aromatic N) is 4. The Morgan fingerprint density at radius 3 is 2.66 bits per heavy atom. The molecule has 32 heavy (non-hydrogen) atoms. The molecule has 1 saturated heterocycles. The molecule has 9 heteroatoms. The van der Waals surface area contributed by atoms with Crippen molar-refractivity contribution in [2.24, 2.45) is 0 Å². The van der Waals surface area contributed by atoms with Crippen LogP contribution in [0.1, 0.15) is 0 Å². The predicted octanol–water partition coefficient (Wildman–Crippen LogP) is 3.37. The van der Waals surface area contributed by atoms with Crippen LogP contribution in [-0.4, -0.2) is 59.7 Å². The van der Waals surface area contributed by atoms with Gasteiger partial charge in [0.15, 0.2) is 11.5 Å². The van der Waals surface area contributed by atoms with Crippen LogP contribution < -0.4 is 19.7 Å². The lowest BCUT2D eigenvalue weighted by Crippen LogP contribution is -2.37. The van der Waals surface area contributed by atoms with Crippen molar-refractivity contribution in [1.82, 2.24) is 20.2 Å². The summed E-state index contributed by atoms with van der Waals surface area (Å²) >= 11 is 0. The van der Waals surface area contributed by atoms with Crippen LogP contribution in [0.25, 0.3) is 22.2 Å². The third-order valence-corrected chi connectivity index (χ3v) is 5.56. The normalized spacial score (nSPS) is 15.7. The smallest absolute Gasteiger partial charge is 0.228 e. The van der Waals surface area contributed by atoms with E-state index in [4.69, 9.17) is 24.2 Å². The number of hydrogen-bond donors (Lipinski definition) is 2. The number of nitrogens with one attached hydrogen (secondary N) is 2. The Labute approximate surface area is 184 Å². The number of rotatable bonds is 4. The van der Waals surface area contributed by atoms with Crippen LogP contribution in [0.5, 0.6) is 11.5 Å². The van der Waals surface area contributed by atoms with Gasteiger partial charge in [0.1, 0.15) is 19.0 Å². The van der Waals surface area contributed by atoms with Gasteiger partial charge in [-0.2, -0.15) is 10.1 Å². The first kappa shape index (κ1) is 18.9. The van der Waals surface area contributed by atoms with Gasteiger partial charge < -0.3 is 24.4 Å². The van der Waals surface area contributed by atoms with Crippen molar-refractivity contribution < 1.29 is 14.2 Å². The zero-order valence-electron chi connectivity index (χ0n) is 17.4. The summed E-state index contributed by atoms with van der Waals surface area (Å²) in [5.41, 5.74) is 3.63. The molecule has 2 aliphatic heterocycles. The van der Waals surface area contributed by atoms with E-state index in [2.05, 4.69) is 20.4 Å². The van der Waals surface area contributed by atoms with Crippen molar-refractivity contribution in [2.45, 2.75) is 0 Å². The van der Waals surface area contributed by atoms with Crippen molar-refractivity contribution >= 4 is 28.4 Å². The van der Waals surface area contributed by atoms with Crippen molar-refractivity contribution in [3.63, 3.8) is 0 Å². The average molecular weight is 430 g/mol. The molecule has 0 radical (unpaired) electrons. The number of aromatic nitrogens is 4. The molecule has 0 saturated carbocycles. The second kappa shape index (κ2) is 8.01. The zero-order valence-corrected chi connectivity index (χ0v) is 17.4. The van der Waals surface area contributed by atoms with Gasteiger partial charge >= 0.3 is 0 Å². The fourth-order valence-electron chi connectivity index (χ4n) is 3.92. The molecule has 2 aromatic carbocycles. The topological polar surface area (TPSA) is 97.4 Å². The molecule has 0 unspecified atom stereocenters. The molecule has 162 valence electrons. The average Bonchev–Trinajstić information content (AvgIpc) is 3.32. The van der Waals surface area contributed by atoms with Crippen LogP contribution >= 0.6 is 0 Å². The third kappa shape index (κ3) is 3.67. The number of morpholine rings is 1. The van der Waals surface area contributed by atoms with E-state index >= 15 is 0 Å². The van der Waals surface area contributed by atoms with Gasteiger partial charge in [-0.3, -0.25) is 5.10 Å². The van der Waals surface area contributed by atoms with Crippen molar-refractivity contribution in [2.75, 3.05) is 49.7 Å². The van der Waals surface area contributed by atoms with Gasteiger partial charge in [0.05, 0.1) is 30.6 Å². The third-order valence-electron chi connectivity index (χ3n) is 5.56. The number of anilines is 3. The first-order valence-electron chi connectivity index (χ1n) is 10.6. The monoisotopic (exact) mass is 430 g/mol. The van der Waals surface area contributed by atoms with E-state index in [1.54, 1.807) is 6.20 Å². The molecule has 0 spiro atoms. The summed E-state index contributed by atoms with van der Waals surface area (Å²) in [7, 11) is 0. The minimum absolute atomic E-state index is 0.544. The van der Waals surface area contributed by atoms with E-state index in [0.717, 1.165) is 52.4 Å². The first-order chi connectivity index (χ1) is 15.8. The van der Waals surface area contributed by atoms with Crippen LogP contribution in [0.4, 0.5) is 17.5 Å². The molecule has 2 aromatic heterocycles. The Bertz CT molecular complexity index is 1270. The quantitative estimate of drug-likeness (QED) is 0.509. The van der Waals surface area contributed by atoms with Crippen LogP contribution in [0.15, 0.2) is 48.7 Å². The van der Waals surface area contributed by atoms with E-state index in [0.29, 0.717) is 38.2 Å². The largest absolute Gasteiger partial charge is 0.486 e. The summed E-state index contributed by atoms with van der Waals surface area (Å²) in [6.07, 6.45) is 1.81. The summed E-state index contributed by atoms with van der Waals surface area (Å²) < 4.78 is 16.9. The van der Waals surface area contributed by atoms with Gasteiger partial charge in [0.25, 0.3) is 0 Å². The second-order valence-corrected chi connectivity index (χ2v) is 7.69. The lowest BCUT2D eigenvalue weighted by Gasteiger charge is -2.27. The van der Waals surface area contributed by atoms with Crippen LogP contribution in [0, 0.1) is 0 Å². The Kier molecular flexibility index (Phi) is 4.73. The fourth-order valence-corrected chi connectivity index (χ4v) is 3.92. The minimum Gasteiger partial charge on any atom is -0.486 e. The van der Waals surface area contributed by atoms with Crippen molar-refractivity contribution in [3.05, 3.63) is 48.7 Å². The molecule has 4 aromatic rings. The number of hydrogen-bond acceptors (Lipinski definition) is 8. The molecule has 0 aliphatic carbocycles. The van der Waals surface area contributed by atoms with E-state index in [-0.39, 0.29) is 0 Å². The molecule has 4 heterocycles. The minimum atomic E-state index is 0.544. The highest BCUT2D eigenvalue weighted by molar-refractivity contribution is 5.82. The van der Waals surface area contributed by atoms with Gasteiger partial charge in [-0.1, -0.05) is 0 Å². The highest BCUT2D eigenvalue weighted by Crippen LogP contribution is 2.35. The number of aromatic amines is 1. The van der Waals surface area contributed by atoms with Gasteiger partial charge in [0.2, 0.25) is 5.95 Å². The summed E-state index contributed by atoms with van der Waals surface area (Å²) in [6.45, 7) is 3.94. The first-order valence-corrected chi connectivity index (χ1v) is 10.6. The number of fused-ring (bicyclic) bond motifs is 2. The highest BCUT2D eigenvalue weighted by Gasteiger charge is 2.18. The standard InChI is InChI=1S/C23H22N6O3/c1-3-17(12-19-16(1)14-24-28-19)25-22-13-18(26-23(27-22)29-5-7-30-8-6-29)15-2-4-20-21(11-15)32-10-9-31-20/h1-4,11-14H,5-10H2,(H,24,28)(H,25,26,27). The second-order valence-electron chi connectivity index (χ2n) is 7.69. The number of H-pyrrole nitrogens is 1. The summed E-state index contributed by atoms with van der Waals surface area (Å²) in [5.74, 6) is 2.88. The maximum absolute atomic E-state index is 5.77. The Morgan fingerprint density at radius 2 is 1.75 bits per heavy atom. The van der Waals surface area contributed by atoms with Gasteiger partial charge in [-0.25, -0.2) is 4.98 Å². The van der Waals surface area contributed by atoms with Crippen LogP contribution in [0.2, 0.25) is 0 Å². The summed E-state index contributed by atoms with van der Waals surface area (Å²) in [6, 6.07) is 13.9. The molecular weight excluding hydrogens is 408 g/mol. The highest BCUT2D eigenvalue weighted by atomic mass is 16.6. The van der Waals surface area contributed by atoms with E-state index < -0.39 is 0 Å². The Balaban J connectivity index is 1.39. The molecule has 9 nitrogen and oxygen atoms in total. The molecule has 2 N–H and O–H groups in total. The maximum atomic E-state index is 5.77. The lowest BCUT2D eigenvalue weighted by molar-refractivity contribution is 0.122. The van der Waals surface area contributed by atoms with Gasteiger partial charge in [-0.05, 0) is 36.4 Å². The predicted molar refractivity (Wildman–Crippen MR) is 121 cm³/mol. The molecule has 1 fully saturated rings. The Hall–Kier alpha value is -3.85. The van der Waals surface area contributed by atoms with Crippen molar-refractivity contribution in [1.29, 1.82) is 0 Å².